The van der Waals surface area contributed by atoms with Gasteiger partial charge in [-0.2, -0.15) is 0 Å². The highest BCUT2D eigenvalue weighted by molar-refractivity contribution is 6.74. The molecule has 40 heavy (non-hydrogen) atoms. The monoisotopic (exact) mass is 565 g/mol. The minimum absolute atomic E-state index is 0.0252. The van der Waals surface area contributed by atoms with Gasteiger partial charge in [0.2, 0.25) is 0 Å². The van der Waals surface area contributed by atoms with Gasteiger partial charge in [-0.1, -0.05) is 102 Å². The van der Waals surface area contributed by atoms with E-state index in [0.29, 0.717) is 0 Å². The third-order valence-corrected chi connectivity index (χ3v) is 12.8. The first-order valence-corrected chi connectivity index (χ1v) is 17.2. The lowest BCUT2D eigenvalue weighted by Gasteiger charge is -2.45. The quantitative estimate of drug-likeness (QED) is 0.366. The molecule has 0 unspecified atom stereocenters. The van der Waals surface area contributed by atoms with Crippen LogP contribution in [0.4, 0.5) is 4.79 Å². The van der Waals surface area contributed by atoms with E-state index in [1.165, 1.54) is 5.56 Å². The van der Waals surface area contributed by atoms with E-state index in [1.54, 1.807) is 0 Å². The second-order valence-electron chi connectivity index (χ2n) is 14.0. The number of benzene rings is 2. The molecule has 0 spiro atoms. The van der Waals surface area contributed by atoms with Gasteiger partial charge in [-0.15, -0.1) is 0 Å². The zero-order valence-electron chi connectivity index (χ0n) is 25.8. The summed E-state index contributed by atoms with van der Waals surface area (Å²) in [7, 11) is -2.25. The number of nitrogens with one attached hydrogen (secondary N) is 1. The van der Waals surface area contributed by atoms with Crippen molar-refractivity contribution in [3.63, 3.8) is 0 Å². The van der Waals surface area contributed by atoms with E-state index in [0.717, 1.165) is 16.7 Å². The standard InChI is InChI=1S/C33H47NO5Si/c1-31(2,3)24-18-16-23(17-19-24)25-20-26(34-30(35)36-21-22-14-12-11-13-15-22)28(39-40(9,10)32(4,5)6)29-27(25)37-33(7,8)38-29/h11-20,26-29H,21H2,1-10H3,(H,34,35)/t26-,27-,28-,29+/m1/s1. The number of rotatable bonds is 6. The fourth-order valence-electron chi connectivity index (χ4n) is 4.96. The van der Waals surface area contributed by atoms with Crippen LogP contribution in [0.25, 0.3) is 5.57 Å². The smallest absolute Gasteiger partial charge is 0.408 e. The number of ether oxygens (including phenoxy) is 3. The Morgan fingerprint density at radius 3 is 2.15 bits per heavy atom. The summed E-state index contributed by atoms with van der Waals surface area (Å²) in [6.07, 6.45) is 0.427. The molecule has 1 aliphatic carbocycles. The van der Waals surface area contributed by atoms with Crippen LogP contribution in [-0.2, 0) is 30.7 Å². The Labute approximate surface area is 241 Å². The van der Waals surface area contributed by atoms with E-state index >= 15 is 0 Å². The average Bonchev–Trinajstić information content (AvgIpc) is 3.18. The molecular weight excluding hydrogens is 518 g/mol. The molecule has 0 bridgehead atoms. The maximum Gasteiger partial charge on any atom is 0.408 e. The van der Waals surface area contributed by atoms with Gasteiger partial charge >= 0.3 is 6.09 Å². The lowest BCUT2D eigenvalue weighted by atomic mass is 9.82. The molecule has 2 aliphatic rings. The summed E-state index contributed by atoms with van der Waals surface area (Å²) in [5.41, 5.74) is 4.26. The van der Waals surface area contributed by atoms with E-state index in [4.69, 9.17) is 18.6 Å². The number of hydrogen-bond donors (Lipinski definition) is 1. The first kappa shape index (κ1) is 30.5. The minimum Gasteiger partial charge on any atom is -0.445 e. The van der Waals surface area contributed by atoms with Gasteiger partial charge in [0.1, 0.15) is 18.8 Å². The molecule has 0 aromatic heterocycles. The highest BCUT2D eigenvalue weighted by Crippen LogP contribution is 2.45. The lowest BCUT2D eigenvalue weighted by Crippen LogP contribution is -2.59. The van der Waals surface area contributed by atoms with E-state index in [9.17, 15) is 4.79 Å². The third kappa shape index (κ3) is 6.88. The van der Waals surface area contributed by atoms with Crippen molar-refractivity contribution in [2.75, 3.05) is 0 Å². The maximum atomic E-state index is 13.1. The zero-order chi connectivity index (χ0) is 29.5. The van der Waals surface area contributed by atoms with Crippen molar-refractivity contribution < 1.29 is 23.4 Å². The Bertz CT molecular complexity index is 1210. The molecule has 7 heteroatoms. The Kier molecular flexibility index (Phi) is 8.45. The van der Waals surface area contributed by atoms with Crippen LogP contribution >= 0.6 is 0 Å². The van der Waals surface area contributed by atoms with Gasteiger partial charge < -0.3 is 24.0 Å². The summed E-state index contributed by atoms with van der Waals surface area (Å²) in [5.74, 6) is -0.794. The molecule has 6 nitrogen and oxygen atoms in total. The molecule has 1 heterocycles. The molecule has 0 saturated carbocycles. The summed E-state index contributed by atoms with van der Waals surface area (Å²) >= 11 is 0. The van der Waals surface area contributed by atoms with Gasteiger partial charge in [0.25, 0.3) is 0 Å². The van der Waals surface area contributed by atoms with Crippen molar-refractivity contribution in [2.45, 2.75) is 116 Å². The molecule has 1 saturated heterocycles. The second kappa shape index (κ2) is 11.1. The second-order valence-corrected chi connectivity index (χ2v) is 18.8. The normalized spacial score (nSPS) is 24.7. The van der Waals surface area contributed by atoms with Gasteiger partial charge in [0.05, 0.1) is 12.1 Å². The summed E-state index contributed by atoms with van der Waals surface area (Å²) in [6.45, 7) is 21.8. The van der Waals surface area contributed by atoms with Gasteiger partial charge in [0.15, 0.2) is 14.1 Å². The molecule has 1 fully saturated rings. The zero-order valence-corrected chi connectivity index (χ0v) is 26.8. The summed E-state index contributed by atoms with van der Waals surface area (Å²) in [4.78, 5) is 13.1. The Hall–Kier alpha value is -2.45. The SMILES string of the molecule is CC1(C)O[C@@H]2[C@H](O[Si](C)(C)C(C)(C)C)[C@H](NC(=O)OCc3ccccc3)C=C(c3ccc(C(C)(C)C)cc3)[C@H]2O1. The van der Waals surface area contributed by atoms with Crippen molar-refractivity contribution in [1.29, 1.82) is 0 Å². The Morgan fingerprint density at radius 2 is 1.57 bits per heavy atom. The van der Waals surface area contributed by atoms with Gasteiger partial charge in [0, 0.05) is 0 Å². The minimum atomic E-state index is -2.25. The van der Waals surface area contributed by atoms with Crippen molar-refractivity contribution in [1.82, 2.24) is 5.32 Å². The van der Waals surface area contributed by atoms with E-state index in [2.05, 4.69) is 90.3 Å². The number of alkyl carbamates (subject to hydrolysis) is 1. The Balaban J connectivity index is 1.70. The molecule has 1 amide bonds. The molecule has 2 aromatic carbocycles. The van der Waals surface area contributed by atoms with Gasteiger partial charge in [-0.25, -0.2) is 4.79 Å². The van der Waals surface area contributed by atoms with Gasteiger partial charge in [-0.05, 0) is 59.7 Å². The maximum absolute atomic E-state index is 13.1. The lowest BCUT2D eigenvalue weighted by molar-refractivity contribution is -0.152. The van der Waals surface area contributed by atoms with Crippen LogP contribution in [-0.4, -0.2) is 44.6 Å². The number of hydrogen-bond acceptors (Lipinski definition) is 5. The first-order chi connectivity index (χ1) is 18.5. The Morgan fingerprint density at radius 1 is 0.950 bits per heavy atom. The summed E-state index contributed by atoms with van der Waals surface area (Å²) in [5, 5.41) is 3.09. The third-order valence-electron chi connectivity index (χ3n) is 8.29. The average molecular weight is 566 g/mol. The van der Waals surface area contributed by atoms with Crippen molar-refractivity contribution in [3.8, 4) is 0 Å². The van der Waals surface area contributed by atoms with Crippen molar-refractivity contribution in [3.05, 3.63) is 77.4 Å². The van der Waals surface area contributed by atoms with Crippen LogP contribution < -0.4 is 5.32 Å². The molecule has 218 valence electrons. The molecule has 4 atom stereocenters. The van der Waals surface area contributed by atoms with E-state index in [-0.39, 0.29) is 23.2 Å². The van der Waals surface area contributed by atoms with Crippen LogP contribution in [0.2, 0.25) is 18.1 Å². The van der Waals surface area contributed by atoms with Crippen molar-refractivity contribution in [2.24, 2.45) is 0 Å². The largest absolute Gasteiger partial charge is 0.445 e. The number of fused-ring (bicyclic) bond motifs is 1. The fourth-order valence-corrected chi connectivity index (χ4v) is 6.28. The fraction of sp³-hybridized carbons (Fsp3) is 0.545. The van der Waals surface area contributed by atoms with Crippen LogP contribution in [0, 0.1) is 0 Å². The highest BCUT2D eigenvalue weighted by atomic mass is 28.4. The molecular formula is C33H47NO5Si. The van der Waals surface area contributed by atoms with E-state index in [1.807, 2.05) is 44.2 Å². The molecule has 1 N–H and O–H groups in total. The molecule has 2 aromatic rings. The van der Waals surface area contributed by atoms with Crippen LogP contribution in [0.3, 0.4) is 0 Å². The first-order valence-electron chi connectivity index (χ1n) is 14.3. The van der Waals surface area contributed by atoms with Crippen LogP contribution in [0.15, 0.2) is 60.7 Å². The molecule has 4 rings (SSSR count). The molecule has 0 radical (unpaired) electrons. The number of amides is 1. The van der Waals surface area contributed by atoms with E-state index < -0.39 is 38.4 Å². The van der Waals surface area contributed by atoms with Gasteiger partial charge in [-0.3, -0.25) is 0 Å². The summed E-state index contributed by atoms with van der Waals surface area (Å²) < 4.78 is 25.7. The highest BCUT2D eigenvalue weighted by Gasteiger charge is 2.54. The number of carbonyl (C=O) groups is 1. The van der Waals surface area contributed by atoms with Crippen LogP contribution in [0.5, 0.6) is 0 Å². The predicted octanol–water partition coefficient (Wildman–Crippen LogP) is 7.59. The molecule has 1 aliphatic heterocycles. The topological polar surface area (TPSA) is 66.0 Å². The van der Waals surface area contributed by atoms with Crippen molar-refractivity contribution >= 4 is 20.0 Å². The summed E-state index contributed by atoms with van der Waals surface area (Å²) in [6, 6.07) is 17.8. The predicted molar refractivity (Wildman–Crippen MR) is 163 cm³/mol. The van der Waals surface area contributed by atoms with Crippen LogP contribution in [0.1, 0.15) is 72.1 Å². The number of carbonyl (C=O) groups excluding carboxylic acids is 1.